The Hall–Kier alpha value is -3.27. The molecule has 3 aromatic rings. The number of primary amides is 1. The highest BCUT2D eigenvalue weighted by atomic mass is 33.1. The van der Waals surface area contributed by atoms with E-state index in [0.717, 1.165) is 40.2 Å². The first-order valence-corrected chi connectivity index (χ1v) is 17.2. The number of imidazole rings is 1. The number of hydrogen-bond donors (Lipinski definition) is 2. The highest BCUT2D eigenvalue weighted by molar-refractivity contribution is 8.77. The van der Waals surface area contributed by atoms with E-state index in [2.05, 4.69) is 22.1 Å². The number of methoxy groups -OCH3 is 1. The number of alkyl halides is 6. The maximum Gasteiger partial charge on any atom is 0.406 e. The summed E-state index contributed by atoms with van der Waals surface area (Å²) in [7, 11) is 1.97. The number of aromatic nitrogens is 2. The third-order valence-electron chi connectivity index (χ3n) is 6.12. The van der Waals surface area contributed by atoms with Gasteiger partial charge < -0.3 is 25.3 Å². The molecule has 1 fully saturated rings. The van der Waals surface area contributed by atoms with Crippen molar-refractivity contribution in [3.8, 4) is 17.6 Å². The maximum absolute atomic E-state index is 12.8. The second-order valence-corrected chi connectivity index (χ2v) is 14.4. The summed E-state index contributed by atoms with van der Waals surface area (Å²) in [6, 6.07) is 7.09. The van der Waals surface area contributed by atoms with E-state index in [0.29, 0.717) is 11.4 Å². The summed E-state index contributed by atoms with van der Waals surface area (Å²) in [5.41, 5.74) is 6.24. The van der Waals surface area contributed by atoms with Crippen LogP contribution in [0.15, 0.2) is 41.6 Å². The minimum Gasteiger partial charge on any atom is -0.495 e. The van der Waals surface area contributed by atoms with Crippen LogP contribution in [0.4, 0.5) is 32.0 Å². The lowest BCUT2D eigenvalue weighted by Gasteiger charge is -2.20. The van der Waals surface area contributed by atoms with Crippen molar-refractivity contribution in [1.29, 1.82) is 0 Å². The molecule has 0 aliphatic carbocycles. The number of carbonyl (C=O) groups is 1. The molecular formula is C27H29F6N5O4S3. The standard InChI is InChI=1S/C21H19F3N4O4S.C6H10F3NS2/c1-32-18-10-14(33(2,30)31)5-6-16(18)26-7-3-4-13-8-15(20(25)29)19-17(9-13)28(12-27-19)11-21(22,23)24;1-10-2-3-11-12-5(4-10)6(7,8)9/h5-6,8-10,12,26H,7,11H2,1-2H3,(H2,25,29);5H,2-4H2,1H3. The minimum absolute atomic E-state index is 0.0382. The topological polar surface area (TPSA) is 120 Å². The number of rotatable bonds is 6. The molecule has 9 nitrogen and oxygen atoms in total. The normalized spacial score (nSPS) is 16.2. The van der Waals surface area contributed by atoms with Crippen LogP contribution in [0.25, 0.3) is 11.0 Å². The number of anilines is 1. The van der Waals surface area contributed by atoms with Gasteiger partial charge in [0.25, 0.3) is 5.91 Å². The average molecular weight is 698 g/mol. The molecule has 0 radical (unpaired) electrons. The van der Waals surface area contributed by atoms with E-state index in [9.17, 15) is 39.6 Å². The fourth-order valence-electron chi connectivity index (χ4n) is 3.96. The van der Waals surface area contributed by atoms with Gasteiger partial charge in [-0.15, -0.1) is 0 Å². The van der Waals surface area contributed by atoms with Crippen molar-refractivity contribution in [1.82, 2.24) is 14.5 Å². The third-order valence-corrected chi connectivity index (χ3v) is 9.97. The maximum atomic E-state index is 12.8. The van der Waals surface area contributed by atoms with Crippen molar-refractivity contribution in [2.75, 3.05) is 51.1 Å². The summed E-state index contributed by atoms with van der Waals surface area (Å²) in [4.78, 5) is 17.5. The van der Waals surface area contributed by atoms with Crippen molar-refractivity contribution in [3.63, 3.8) is 0 Å². The predicted molar refractivity (Wildman–Crippen MR) is 163 cm³/mol. The van der Waals surface area contributed by atoms with E-state index in [1.54, 1.807) is 11.9 Å². The van der Waals surface area contributed by atoms with Gasteiger partial charge in [0.15, 0.2) is 9.84 Å². The van der Waals surface area contributed by atoms with Gasteiger partial charge in [0, 0.05) is 36.7 Å². The molecule has 1 atom stereocenters. The molecule has 2 heterocycles. The van der Waals surface area contributed by atoms with E-state index in [4.69, 9.17) is 10.5 Å². The van der Waals surface area contributed by atoms with Gasteiger partial charge in [-0.1, -0.05) is 33.4 Å². The number of benzene rings is 2. The number of nitrogens with zero attached hydrogens (tertiary/aromatic N) is 3. The highest BCUT2D eigenvalue weighted by Crippen LogP contribution is 2.39. The first-order chi connectivity index (χ1) is 20.9. The Morgan fingerprint density at radius 3 is 2.51 bits per heavy atom. The molecule has 0 spiro atoms. The van der Waals surface area contributed by atoms with Gasteiger partial charge in [-0.25, -0.2) is 13.4 Å². The van der Waals surface area contributed by atoms with Crippen molar-refractivity contribution in [2.45, 2.75) is 29.0 Å². The number of hydrogen-bond acceptors (Lipinski definition) is 9. The SMILES string of the molecule is CN1CCSSC(C(F)(F)F)C1.COc1cc(S(C)(=O)=O)ccc1NCC#Cc1cc(C(N)=O)c2ncn(CC(F)(F)F)c2c1. The number of halogens is 6. The number of nitrogens with one attached hydrogen (secondary N) is 1. The molecule has 45 heavy (non-hydrogen) atoms. The number of carbonyl (C=O) groups excluding carboxylic acids is 1. The number of sulfone groups is 1. The summed E-state index contributed by atoms with van der Waals surface area (Å²) < 4.78 is 105. The molecule has 1 amide bonds. The first-order valence-electron chi connectivity index (χ1n) is 12.9. The lowest BCUT2D eigenvalue weighted by molar-refractivity contribution is -0.140. The summed E-state index contributed by atoms with van der Waals surface area (Å²) in [5, 5.41) is 1.75. The molecular weight excluding hydrogens is 669 g/mol. The third kappa shape index (κ3) is 10.7. The molecule has 1 aliphatic rings. The largest absolute Gasteiger partial charge is 0.495 e. The monoisotopic (exact) mass is 697 g/mol. The van der Waals surface area contributed by atoms with E-state index in [-0.39, 0.29) is 40.1 Å². The second-order valence-electron chi connectivity index (χ2n) is 9.74. The summed E-state index contributed by atoms with van der Waals surface area (Å²) in [6.07, 6.45) is -6.46. The Morgan fingerprint density at radius 2 is 1.91 bits per heavy atom. The van der Waals surface area contributed by atoms with Gasteiger partial charge in [0.1, 0.15) is 23.1 Å². The van der Waals surface area contributed by atoms with Crippen molar-refractivity contribution < 1.29 is 44.3 Å². The number of amides is 1. The fraction of sp³-hybridized carbons (Fsp3) is 0.407. The smallest absolute Gasteiger partial charge is 0.406 e. The van der Waals surface area contributed by atoms with Crippen LogP contribution in [-0.4, -0.2) is 92.2 Å². The molecule has 1 aromatic heterocycles. The van der Waals surface area contributed by atoms with E-state index < -0.39 is 39.9 Å². The van der Waals surface area contributed by atoms with Gasteiger partial charge in [0.2, 0.25) is 0 Å². The zero-order valence-electron chi connectivity index (χ0n) is 24.1. The lowest BCUT2D eigenvalue weighted by atomic mass is 10.1. The van der Waals surface area contributed by atoms with Crippen molar-refractivity contribution in [3.05, 3.63) is 47.8 Å². The van der Waals surface area contributed by atoms with Gasteiger partial charge in [0.05, 0.1) is 41.6 Å². The summed E-state index contributed by atoms with van der Waals surface area (Å²) in [5.74, 6) is 5.81. The molecule has 4 rings (SSSR count). The van der Waals surface area contributed by atoms with Gasteiger partial charge >= 0.3 is 12.4 Å². The predicted octanol–water partition coefficient (Wildman–Crippen LogP) is 4.82. The zero-order valence-corrected chi connectivity index (χ0v) is 26.6. The lowest BCUT2D eigenvalue weighted by Crippen LogP contribution is -2.36. The molecule has 246 valence electrons. The van der Waals surface area contributed by atoms with Crippen molar-refractivity contribution >= 4 is 54.1 Å². The summed E-state index contributed by atoms with van der Waals surface area (Å²) >= 11 is 0. The zero-order chi connectivity index (χ0) is 33.6. The van der Waals surface area contributed by atoms with Crippen LogP contribution in [0.3, 0.4) is 0 Å². The van der Waals surface area contributed by atoms with Crippen LogP contribution in [0.1, 0.15) is 15.9 Å². The molecule has 18 heteroatoms. The van der Waals surface area contributed by atoms with Crippen LogP contribution in [0.2, 0.25) is 0 Å². The number of ether oxygens (including phenoxy) is 1. The summed E-state index contributed by atoms with van der Waals surface area (Å²) in [6.45, 7) is -0.324. The minimum atomic E-state index is -4.47. The fourth-order valence-corrected chi connectivity index (χ4v) is 7.19. The Morgan fingerprint density at radius 1 is 1.20 bits per heavy atom. The van der Waals surface area contributed by atoms with Crippen LogP contribution in [0.5, 0.6) is 5.75 Å². The van der Waals surface area contributed by atoms with Gasteiger partial charge in [-0.05, 0) is 31.3 Å². The Bertz CT molecular complexity index is 1680. The Balaban J connectivity index is 0.000000385. The molecule has 3 N–H and O–H groups in total. The van der Waals surface area contributed by atoms with E-state index >= 15 is 0 Å². The Kier molecular flexibility index (Phi) is 12.0. The van der Waals surface area contributed by atoms with Crippen LogP contribution < -0.4 is 15.8 Å². The number of fused-ring (bicyclic) bond motifs is 1. The van der Waals surface area contributed by atoms with Gasteiger partial charge in [-0.3, -0.25) is 4.79 Å². The average Bonchev–Trinajstić information content (AvgIpc) is 3.17. The molecule has 0 bridgehead atoms. The van der Waals surface area contributed by atoms with E-state index in [1.807, 2.05) is 0 Å². The quantitative estimate of drug-likeness (QED) is 0.212. The van der Waals surface area contributed by atoms with Crippen molar-refractivity contribution in [2.24, 2.45) is 5.73 Å². The molecule has 1 unspecified atom stereocenters. The molecule has 2 aromatic carbocycles. The Labute approximate surface area is 263 Å². The van der Waals surface area contributed by atoms with Crippen LogP contribution >= 0.6 is 21.6 Å². The van der Waals surface area contributed by atoms with E-state index in [1.165, 1.54) is 48.2 Å². The molecule has 1 saturated heterocycles. The number of nitrogens with two attached hydrogens (primary N) is 1. The second kappa shape index (κ2) is 14.9. The first kappa shape index (κ1) is 36.2. The van der Waals surface area contributed by atoms with Crippen LogP contribution in [-0.2, 0) is 16.4 Å². The van der Waals surface area contributed by atoms with Crippen LogP contribution in [0, 0.1) is 11.8 Å². The molecule has 1 aliphatic heterocycles. The van der Waals surface area contributed by atoms with Gasteiger partial charge in [-0.2, -0.15) is 26.3 Å². The molecule has 0 saturated carbocycles. The highest BCUT2D eigenvalue weighted by Gasteiger charge is 2.41.